The second-order valence-corrected chi connectivity index (χ2v) is 3.67. The fourth-order valence-electron chi connectivity index (χ4n) is 1.37. The third-order valence-corrected chi connectivity index (χ3v) is 2.31. The van der Waals surface area contributed by atoms with E-state index in [4.69, 9.17) is 10.5 Å². The summed E-state index contributed by atoms with van der Waals surface area (Å²) in [6.45, 7) is 1.97. The molecule has 0 spiro atoms. The summed E-state index contributed by atoms with van der Waals surface area (Å²) in [5.74, 6) is -0.638. The predicted molar refractivity (Wildman–Crippen MR) is 60.7 cm³/mol. The molecule has 1 saturated heterocycles. The molecule has 0 saturated carbocycles. The van der Waals surface area contributed by atoms with Crippen molar-refractivity contribution in [2.24, 2.45) is 5.73 Å². The van der Waals surface area contributed by atoms with Gasteiger partial charge in [-0.2, -0.15) is 0 Å². The Kier molecular flexibility index (Phi) is 4.92. The number of hydrogen-bond acceptors (Lipinski definition) is 3. The maximum absolute atomic E-state index is 11.4. The number of unbranched alkanes of at least 4 members (excludes halogenated alkanes) is 1. The second-order valence-electron chi connectivity index (χ2n) is 3.67. The number of carbonyl (C=O) groups excluding carboxylic acids is 2. The van der Waals surface area contributed by atoms with Gasteiger partial charge in [0.15, 0.2) is 18.0 Å². The Balaban J connectivity index is 2.14. The monoisotopic (exact) mass is 223 g/mol. The molecular weight excluding hydrogens is 206 g/mol. The molecule has 2 atom stereocenters. The van der Waals surface area contributed by atoms with Crippen LogP contribution in [0.5, 0.6) is 0 Å². The topological polar surface area (TPSA) is 72.7 Å². The quantitative estimate of drug-likeness (QED) is 0.399. The van der Waals surface area contributed by atoms with Crippen LogP contribution >= 0.6 is 0 Å². The molecule has 1 aliphatic heterocycles. The molecule has 0 aromatic rings. The maximum atomic E-state index is 11.4. The highest BCUT2D eigenvalue weighted by molar-refractivity contribution is 5.95. The van der Waals surface area contributed by atoms with Gasteiger partial charge < -0.3 is 10.5 Å². The van der Waals surface area contributed by atoms with Gasteiger partial charge in [-0.05, 0) is 19.8 Å². The Bertz CT molecular complexity index is 320. The molecule has 1 amide bonds. The molecule has 16 heavy (non-hydrogen) atoms. The summed E-state index contributed by atoms with van der Waals surface area (Å²) < 4.78 is 4.87. The van der Waals surface area contributed by atoms with E-state index in [0.29, 0.717) is 6.42 Å². The molecule has 88 valence electrons. The first kappa shape index (κ1) is 12.6. The van der Waals surface area contributed by atoms with Gasteiger partial charge in [0.2, 0.25) is 5.91 Å². The van der Waals surface area contributed by atoms with Crippen LogP contribution in [0.1, 0.15) is 26.2 Å². The van der Waals surface area contributed by atoms with E-state index in [1.54, 1.807) is 0 Å². The van der Waals surface area contributed by atoms with Crippen LogP contribution in [-0.4, -0.2) is 23.9 Å². The third kappa shape index (κ3) is 3.98. The van der Waals surface area contributed by atoms with E-state index in [-0.39, 0.29) is 5.78 Å². The van der Waals surface area contributed by atoms with Gasteiger partial charge in [0.25, 0.3) is 0 Å². The summed E-state index contributed by atoms with van der Waals surface area (Å²) in [7, 11) is 0. The van der Waals surface area contributed by atoms with Gasteiger partial charge in [0.1, 0.15) is 0 Å². The maximum Gasteiger partial charge on any atom is 0.249 e. The zero-order valence-corrected chi connectivity index (χ0v) is 9.39. The van der Waals surface area contributed by atoms with Crippen molar-refractivity contribution < 1.29 is 14.3 Å². The molecular formula is C12H17NO3. The fraction of sp³-hybridized carbons (Fsp3) is 0.500. The van der Waals surface area contributed by atoms with Crippen molar-refractivity contribution in [3.8, 4) is 0 Å². The normalized spacial score (nSPS) is 24.1. The molecule has 4 heteroatoms. The average Bonchev–Trinajstić information content (AvgIpc) is 3.02. The van der Waals surface area contributed by atoms with Gasteiger partial charge in [-0.1, -0.05) is 24.3 Å². The second kappa shape index (κ2) is 6.23. The van der Waals surface area contributed by atoms with E-state index in [1.807, 2.05) is 25.2 Å². The Morgan fingerprint density at radius 3 is 2.44 bits per heavy atom. The van der Waals surface area contributed by atoms with Crippen LogP contribution < -0.4 is 5.73 Å². The van der Waals surface area contributed by atoms with Crippen molar-refractivity contribution in [1.82, 2.24) is 0 Å². The van der Waals surface area contributed by atoms with E-state index in [9.17, 15) is 9.59 Å². The molecule has 1 heterocycles. The summed E-state index contributed by atoms with van der Waals surface area (Å²) in [6, 6.07) is 0. The first-order chi connectivity index (χ1) is 7.66. The zero-order valence-electron chi connectivity index (χ0n) is 9.39. The number of carbonyl (C=O) groups is 2. The third-order valence-electron chi connectivity index (χ3n) is 2.31. The van der Waals surface area contributed by atoms with Gasteiger partial charge in [-0.15, -0.1) is 0 Å². The molecule has 1 rings (SSSR count). The zero-order chi connectivity index (χ0) is 12.0. The molecule has 2 unspecified atom stereocenters. The van der Waals surface area contributed by atoms with Crippen LogP contribution in [0.15, 0.2) is 24.3 Å². The van der Waals surface area contributed by atoms with Crippen molar-refractivity contribution in [3.63, 3.8) is 0 Å². The number of amides is 1. The summed E-state index contributed by atoms with van der Waals surface area (Å²) in [5.41, 5.74) is 4.99. The van der Waals surface area contributed by atoms with Gasteiger partial charge in [-0.25, -0.2) is 0 Å². The number of ether oxygens (including phenoxy) is 1. The Hall–Kier alpha value is -1.42. The number of rotatable bonds is 7. The molecule has 1 aliphatic rings. The van der Waals surface area contributed by atoms with Gasteiger partial charge in [-0.3, -0.25) is 9.59 Å². The highest BCUT2D eigenvalue weighted by Gasteiger charge is 2.48. The lowest BCUT2D eigenvalue weighted by Crippen LogP contribution is -2.22. The first-order valence-corrected chi connectivity index (χ1v) is 5.40. The van der Waals surface area contributed by atoms with Crippen LogP contribution in [0.2, 0.25) is 0 Å². The molecule has 0 aromatic heterocycles. The first-order valence-electron chi connectivity index (χ1n) is 5.40. The number of epoxide rings is 1. The van der Waals surface area contributed by atoms with Crippen molar-refractivity contribution in [2.75, 3.05) is 0 Å². The number of hydrogen-bond donors (Lipinski definition) is 1. The van der Waals surface area contributed by atoms with Crippen molar-refractivity contribution in [2.45, 2.75) is 38.4 Å². The van der Waals surface area contributed by atoms with Crippen molar-refractivity contribution in [3.05, 3.63) is 24.3 Å². The Morgan fingerprint density at radius 2 is 1.88 bits per heavy atom. The van der Waals surface area contributed by atoms with Gasteiger partial charge >= 0.3 is 0 Å². The molecule has 1 fully saturated rings. The standard InChI is InChI=1S/C12H17NO3/c1-2-3-4-5-6-7-8-9(14)10-11(16-10)12(13)15/h2-3,6-7,10-11H,4-5,8H2,1H3,(H2,13,15). The largest absolute Gasteiger partial charge is 0.367 e. The van der Waals surface area contributed by atoms with Gasteiger partial charge in [0, 0.05) is 6.42 Å². The number of allylic oxidation sites excluding steroid dienone is 4. The SMILES string of the molecule is CC=CCCC=CCC(=O)C1OC1C(N)=O. The average molecular weight is 223 g/mol. The van der Waals surface area contributed by atoms with Crippen LogP contribution in [0, 0.1) is 0 Å². The van der Waals surface area contributed by atoms with E-state index >= 15 is 0 Å². The van der Waals surface area contributed by atoms with Gasteiger partial charge in [0.05, 0.1) is 0 Å². The van der Waals surface area contributed by atoms with Crippen LogP contribution in [0.4, 0.5) is 0 Å². The number of ketones is 1. The van der Waals surface area contributed by atoms with Crippen molar-refractivity contribution in [1.29, 1.82) is 0 Å². The van der Waals surface area contributed by atoms with E-state index in [2.05, 4.69) is 6.08 Å². The lowest BCUT2D eigenvalue weighted by atomic mass is 10.1. The number of primary amides is 1. The number of nitrogens with two attached hydrogens (primary N) is 1. The minimum Gasteiger partial charge on any atom is -0.367 e. The molecule has 0 aliphatic carbocycles. The molecule has 0 aromatic carbocycles. The summed E-state index contributed by atoms with van der Waals surface area (Å²) in [4.78, 5) is 22.1. The van der Waals surface area contributed by atoms with Crippen LogP contribution in [-0.2, 0) is 14.3 Å². The molecule has 2 N–H and O–H groups in total. The van der Waals surface area contributed by atoms with Crippen molar-refractivity contribution >= 4 is 11.7 Å². The van der Waals surface area contributed by atoms with E-state index in [1.165, 1.54) is 0 Å². The van der Waals surface area contributed by atoms with E-state index < -0.39 is 18.1 Å². The van der Waals surface area contributed by atoms with Crippen LogP contribution in [0.25, 0.3) is 0 Å². The Morgan fingerprint density at radius 1 is 1.19 bits per heavy atom. The molecule has 0 radical (unpaired) electrons. The summed E-state index contributed by atoms with van der Waals surface area (Å²) in [6.07, 6.45) is 8.75. The molecule has 4 nitrogen and oxygen atoms in total. The smallest absolute Gasteiger partial charge is 0.249 e. The minimum absolute atomic E-state index is 0.0777. The molecule has 0 bridgehead atoms. The highest BCUT2D eigenvalue weighted by atomic mass is 16.6. The number of Topliss-reactive ketones (excluding diaryl/α,β-unsaturated/α-hetero) is 1. The Labute approximate surface area is 95.1 Å². The predicted octanol–water partition coefficient (Wildman–Crippen LogP) is 1.11. The highest BCUT2D eigenvalue weighted by Crippen LogP contribution is 2.23. The minimum atomic E-state index is -0.691. The summed E-state index contributed by atoms with van der Waals surface area (Å²) >= 11 is 0. The lowest BCUT2D eigenvalue weighted by molar-refractivity contribution is -0.121. The lowest BCUT2D eigenvalue weighted by Gasteiger charge is -1.90. The van der Waals surface area contributed by atoms with Crippen LogP contribution in [0.3, 0.4) is 0 Å². The summed E-state index contributed by atoms with van der Waals surface area (Å²) in [5, 5.41) is 0. The van der Waals surface area contributed by atoms with E-state index in [0.717, 1.165) is 12.8 Å². The fourth-order valence-corrected chi connectivity index (χ4v) is 1.37.